The number of anilines is 1. The maximum absolute atomic E-state index is 3.74. The lowest BCUT2D eigenvalue weighted by Gasteiger charge is -2.20. The lowest BCUT2D eigenvalue weighted by molar-refractivity contribution is 0.494. The van der Waals surface area contributed by atoms with Gasteiger partial charge >= 0.3 is 0 Å². The molecule has 0 spiro atoms. The summed E-state index contributed by atoms with van der Waals surface area (Å²) < 4.78 is 1.23. The number of hydrogen-bond acceptors (Lipinski definition) is 2. The molecular weight excluding hydrogens is 300 g/mol. The zero-order valence-corrected chi connectivity index (χ0v) is 13.8. The summed E-state index contributed by atoms with van der Waals surface area (Å²) in [7, 11) is 0. The van der Waals surface area contributed by atoms with E-state index in [4.69, 9.17) is 0 Å². The molecule has 0 aromatic heterocycles. The van der Waals surface area contributed by atoms with E-state index in [1.165, 1.54) is 35.2 Å². The monoisotopic (exact) mass is 324 g/mol. The number of halogens is 1. The summed E-state index contributed by atoms with van der Waals surface area (Å²) in [6, 6.07) is 6.76. The first-order valence-corrected chi connectivity index (χ1v) is 8.15. The fourth-order valence-corrected chi connectivity index (χ4v) is 3.33. The van der Waals surface area contributed by atoms with Gasteiger partial charge < -0.3 is 10.2 Å². The van der Waals surface area contributed by atoms with E-state index in [0.717, 1.165) is 24.9 Å². The van der Waals surface area contributed by atoms with Crippen LogP contribution in [-0.2, 0) is 6.54 Å². The third-order valence-corrected chi connectivity index (χ3v) is 4.73. The van der Waals surface area contributed by atoms with Gasteiger partial charge in [-0.1, -0.05) is 26.8 Å². The summed E-state index contributed by atoms with van der Waals surface area (Å²) in [5, 5.41) is 3.45. The molecule has 1 aromatic rings. The molecule has 1 aliphatic heterocycles. The summed E-state index contributed by atoms with van der Waals surface area (Å²) in [6.07, 6.45) is 1.18. The van der Waals surface area contributed by atoms with Gasteiger partial charge in [-0.25, -0.2) is 0 Å². The first-order chi connectivity index (χ1) is 9.11. The van der Waals surface area contributed by atoms with Crippen LogP contribution >= 0.6 is 15.9 Å². The van der Waals surface area contributed by atoms with Crippen LogP contribution in [0, 0.1) is 11.8 Å². The third kappa shape index (κ3) is 3.73. The molecule has 1 fully saturated rings. The minimum atomic E-state index is 0.790. The van der Waals surface area contributed by atoms with Crippen molar-refractivity contribution in [2.45, 2.75) is 33.7 Å². The highest BCUT2D eigenvalue weighted by Crippen LogP contribution is 2.33. The fourth-order valence-electron chi connectivity index (χ4n) is 2.65. The zero-order valence-electron chi connectivity index (χ0n) is 12.2. The zero-order chi connectivity index (χ0) is 13.8. The first kappa shape index (κ1) is 14.9. The molecule has 0 aliphatic carbocycles. The van der Waals surface area contributed by atoms with E-state index in [1.54, 1.807) is 0 Å². The van der Waals surface area contributed by atoms with Crippen molar-refractivity contribution in [2.75, 3.05) is 24.5 Å². The van der Waals surface area contributed by atoms with Gasteiger partial charge in [-0.2, -0.15) is 0 Å². The van der Waals surface area contributed by atoms with Crippen LogP contribution in [0.3, 0.4) is 0 Å². The van der Waals surface area contributed by atoms with Gasteiger partial charge in [-0.3, -0.25) is 0 Å². The van der Waals surface area contributed by atoms with Gasteiger partial charge in [-0.15, -0.1) is 0 Å². The smallest absolute Gasteiger partial charge is 0.0511 e. The van der Waals surface area contributed by atoms with Crippen molar-refractivity contribution in [3.63, 3.8) is 0 Å². The van der Waals surface area contributed by atoms with E-state index in [2.05, 4.69) is 65.1 Å². The van der Waals surface area contributed by atoms with Crippen LogP contribution in [0.1, 0.15) is 32.8 Å². The Balaban J connectivity index is 2.03. The minimum Gasteiger partial charge on any atom is -0.370 e. The maximum Gasteiger partial charge on any atom is 0.0511 e. The molecule has 19 heavy (non-hydrogen) atoms. The van der Waals surface area contributed by atoms with E-state index >= 15 is 0 Å². The van der Waals surface area contributed by atoms with Crippen LogP contribution in [0.25, 0.3) is 0 Å². The summed E-state index contributed by atoms with van der Waals surface area (Å²) in [4.78, 5) is 2.50. The first-order valence-electron chi connectivity index (χ1n) is 7.36. The van der Waals surface area contributed by atoms with E-state index in [-0.39, 0.29) is 0 Å². The van der Waals surface area contributed by atoms with Gasteiger partial charge in [0.2, 0.25) is 0 Å². The summed E-state index contributed by atoms with van der Waals surface area (Å²) >= 11 is 3.74. The van der Waals surface area contributed by atoms with E-state index in [1.807, 2.05) is 0 Å². The number of nitrogens with one attached hydrogen (secondary N) is 1. The van der Waals surface area contributed by atoms with Crippen LogP contribution < -0.4 is 10.2 Å². The van der Waals surface area contributed by atoms with Crippen LogP contribution in [0.5, 0.6) is 0 Å². The standard InChI is InChI=1S/C16H25BrN2/c1-4-7-18-9-14-5-6-16(15(17)8-14)19-10-12(2)13(3)11-19/h5-6,8,12-13,18H,4,7,9-11H2,1-3H3. The Morgan fingerprint density at radius 3 is 2.53 bits per heavy atom. The average Bonchev–Trinajstić information content (AvgIpc) is 2.70. The normalized spacial score (nSPS) is 23.1. The Hall–Kier alpha value is -0.540. The molecule has 1 saturated heterocycles. The summed E-state index contributed by atoms with van der Waals surface area (Å²) in [6.45, 7) is 11.3. The predicted octanol–water partition coefficient (Wildman–Crippen LogP) is 4.04. The van der Waals surface area contributed by atoms with Crippen molar-refractivity contribution >= 4 is 21.6 Å². The molecule has 1 heterocycles. The van der Waals surface area contributed by atoms with Crippen LogP contribution in [-0.4, -0.2) is 19.6 Å². The van der Waals surface area contributed by atoms with Crippen molar-refractivity contribution in [2.24, 2.45) is 11.8 Å². The van der Waals surface area contributed by atoms with Gasteiger partial charge in [0.25, 0.3) is 0 Å². The molecule has 2 nitrogen and oxygen atoms in total. The van der Waals surface area contributed by atoms with Crippen LogP contribution in [0.15, 0.2) is 22.7 Å². The summed E-state index contributed by atoms with van der Waals surface area (Å²) in [5.74, 6) is 1.58. The average molecular weight is 325 g/mol. The molecule has 1 aromatic carbocycles. The van der Waals surface area contributed by atoms with Gasteiger partial charge in [0, 0.05) is 24.1 Å². The van der Waals surface area contributed by atoms with Gasteiger partial charge in [0.1, 0.15) is 0 Å². The van der Waals surface area contributed by atoms with Crippen molar-refractivity contribution in [1.82, 2.24) is 5.32 Å². The molecule has 0 amide bonds. The van der Waals surface area contributed by atoms with Gasteiger partial charge in [0.15, 0.2) is 0 Å². The third-order valence-electron chi connectivity index (χ3n) is 4.10. The highest BCUT2D eigenvalue weighted by molar-refractivity contribution is 9.10. The Morgan fingerprint density at radius 1 is 1.26 bits per heavy atom. The predicted molar refractivity (Wildman–Crippen MR) is 86.7 cm³/mol. The van der Waals surface area contributed by atoms with Gasteiger partial charge in [0.05, 0.1) is 5.69 Å². The molecule has 106 valence electrons. The molecule has 2 rings (SSSR count). The van der Waals surface area contributed by atoms with E-state index in [0.29, 0.717) is 0 Å². The minimum absolute atomic E-state index is 0.790. The second-order valence-electron chi connectivity index (χ2n) is 5.82. The van der Waals surface area contributed by atoms with Crippen molar-refractivity contribution in [1.29, 1.82) is 0 Å². The lowest BCUT2D eigenvalue weighted by atomic mass is 10.0. The van der Waals surface area contributed by atoms with Crippen LogP contribution in [0.4, 0.5) is 5.69 Å². The lowest BCUT2D eigenvalue weighted by Crippen LogP contribution is -2.20. The largest absolute Gasteiger partial charge is 0.370 e. The second-order valence-corrected chi connectivity index (χ2v) is 6.68. The Morgan fingerprint density at radius 2 is 1.95 bits per heavy atom. The highest BCUT2D eigenvalue weighted by atomic mass is 79.9. The molecule has 2 atom stereocenters. The second kappa shape index (κ2) is 6.76. The number of nitrogens with zero attached hydrogens (tertiary/aromatic N) is 1. The summed E-state index contributed by atoms with van der Waals surface area (Å²) in [5.41, 5.74) is 2.69. The topological polar surface area (TPSA) is 15.3 Å². The quantitative estimate of drug-likeness (QED) is 0.822. The molecular formula is C16H25BrN2. The SMILES string of the molecule is CCCNCc1ccc(N2CC(C)C(C)C2)c(Br)c1. The molecule has 1 N–H and O–H groups in total. The Labute approximate surface area is 125 Å². The number of rotatable bonds is 5. The molecule has 0 radical (unpaired) electrons. The van der Waals surface area contributed by atoms with Gasteiger partial charge in [-0.05, 0) is 58.4 Å². The fraction of sp³-hybridized carbons (Fsp3) is 0.625. The molecule has 1 aliphatic rings. The van der Waals surface area contributed by atoms with Crippen molar-refractivity contribution in [3.05, 3.63) is 28.2 Å². The van der Waals surface area contributed by atoms with Crippen molar-refractivity contribution in [3.8, 4) is 0 Å². The maximum atomic E-state index is 3.74. The molecule has 0 saturated carbocycles. The molecule has 0 bridgehead atoms. The Kier molecular flexibility index (Phi) is 5.28. The molecule has 3 heteroatoms. The number of benzene rings is 1. The number of hydrogen-bond donors (Lipinski definition) is 1. The van der Waals surface area contributed by atoms with Crippen LogP contribution in [0.2, 0.25) is 0 Å². The van der Waals surface area contributed by atoms with E-state index < -0.39 is 0 Å². The highest BCUT2D eigenvalue weighted by Gasteiger charge is 2.27. The molecule has 2 unspecified atom stereocenters. The van der Waals surface area contributed by atoms with E-state index in [9.17, 15) is 0 Å². The Bertz CT molecular complexity index is 409. The van der Waals surface area contributed by atoms with Crippen molar-refractivity contribution < 1.29 is 0 Å².